The Morgan fingerprint density at radius 3 is 1.00 bits per heavy atom. The maximum Gasteiger partial charge on any atom is 0.261 e. The maximum atomic E-state index is 7.79. The van der Waals surface area contributed by atoms with Gasteiger partial charge in [-0.05, 0) is 105 Å². The number of benzene rings is 4. The van der Waals surface area contributed by atoms with Crippen LogP contribution in [0.2, 0.25) is 10.1 Å². The van der Waals surface area contributed by atoms with E-state index < -0.39 is 16.6 Å². The number of fused-ring (bicyclic) bond motifs is 3. The fourth-order valence-corrected chi connectivity index (χ4v) is 20.7. The lowest BCUT2D eigenvalue weighted by molar-refractivity contribution is -0.0136. The molecular formula is C48H62O3Si2. The van der Waals surface area contributed by atoms with Crippen molar-refractivity contribution >= 4 is 37.4 Å². The summed E-state index contributed by atoms with van der Waals surface area (Å²) >= 11 is 0. The molecule has 8 atom stereocenters. The summed E-state index contributed by atoms with van der Waals surface area (Å²) in [5.41, 5.74) is 0. The molecule has 1 saturated heterocycles. The summed E-state index contributed by atoms with van der Waals surface area (Å²) in [6.45, 7) is 16.1. The lowest BCUT2D eigenvalue weighted by Gasteiger charge is -2.51. The third kappa shape index (κ3) is 6.99. The molecule has 0 bridgehead atoms. The Labute approximate surface area is 322 Å². The van der Waals surface area contributed by atoms with Gasteiger partial charge in [-0.15, -0.1) is 0 Å². The second kappa shape index (κ2) is 14.7. The third-order valence-corrected chi connectivity index (χ3v) is 24.1. The van der Waals surface area contributed by atoms with Crippen molar-refractivity contribution in [2.24, 2.45) is 35.5 Å². The highest BCUT2D eigenvalue weighted by Gasteiger charge is 2.55. The van der Waals surface area contributed by atoms with Crippen LogP contribution in [0.3, 0.4) is 0 Å². The average molecular weight is 743 g/mol. The quantitative estimate of drug-likeness (QED) is 0.120. The van der Waals surface area contributed by atoms with Crippen LogP contribution in [0.5, 0.6) is 0 Å². The van der Waals surface area contributed by atoms with E-state index in [0.29, 0.717) is 24.0 Å². The van der Waals surface area contributed by atoms with Gasteiger partial charge in [0.1, 0.15) is 0 Å². The van der Waals surface area contributed by atoms with Gasteiger partial charge in [0, 0.05) is 13.2 Å². The number of rotatable bonds is 10. The summed E-state index contributed by atoms with van der Waals surface area (Å²) in [5.74, 6) is 4.10. The molecule has 0 spiro atoms. The SMILES string of the molecule is CC(C)(C)[Si](OC[C@@H]1C[C@@H]2C[C@H]3C[C@H]4O[C@H]4C[C@H]3C[C@@H]2C[C@H]1CO[Si](c1ccccc1)(c1ccccc1)C(C)(C)C)(c1ccccc1)c1ccccc1. The molecule has 0 aromatic heterocycles. The predicted octanol–water partition coefficient (Wildman–Crippen LogP) is 8.99. The first-order valence-electron chi connectivity index (χ1n) is 20.6. The summed E-state index contributed by atoms with van der Waals surface area (Å²) in [4.78, 5) is 0. The molecule has 4 fully saturated rings. The van der Waals surface area contributed by atoms with Crippen LogP contribution in [0.15, 0.2) is 121 Å². The second-order valence-electron chi connectivity index (χ2n) is 19.1. The van der Waals surface area contributed by atoms with E-state index in [0.717, 1.165) is 36.9 Å². The summed E-state index contributed by atoms with van der Waals surface area (Å²) in [6.07, 6.45) is 8.94. The fourth-order valence-electron chi connectivity index (χ4n) is 11.5. The number of ether oxygens (including phenoxy) is 1. The molecule has 3 saturated carbocycles. The average Bonchev–Trinajstić information content (AvgIpc) is 3.92. The molecule has 4 aromatic carbocycles. The topological polar surface area (TPSA) is 31.0 Å². The maximum absolute atomic E-state index is 7.79. The van der Waals surface area contributed by atoms with Gasteiger partial charge in [-0.1, -0.05) is 163 Å². The van der Waals surface area contributed by atoms with E-state index in [1.54, 1.807) is 0 Å². The van der Waals surface area contributed by atoms with Gasteiger partial charge in [0.05, 0.1) is 12.2 Å². The van der Waals surface area contributed by atoms with Crippen LogP contribution in [0.1, 0.15) is 80.1 Å². The second-order valence-corrected chi connectivity index (χ2v) is 27.7. The monoisotopic (exact) mass is 742 g/mol. The molecule has 4 aliphatic rings. The van der Waals surface area contributed by atoms with E-state index >= 15 is 0 Å². The minimum atomic E-state index is -2.68. The number of hydrogen-bond donors (Lipinski definition) is 0. The Hall–Kier alpha value is -2.81. The van der Waals surface area contributed by atoms with Crippen LogP contribution in [0, 0.1) is 35.5 Å². The predicted molar refractivity (Wildman–Crippen MR) is 224 cm³/mol. The standard InChI is InChI=1S/C48H62O3Si2/c1-47(2,3)52(41-19-11-7-12-20-41,42-21-13-8-14-22-42)49-33-39-29-35-27-37-31-45-46(51-45)32-38(37)28-36(35)30-40(39)34-50-53(48(4,5)6,43-23-15-9-16-24-43)44-25-17-10-18-26-44/h7-26,35-40,45-46H,27-34H2,1-6H3/t35-,36+,37-,38+,39-,40-,45+,46-/m0/s1. The lowest BCUT2D eigenvalue weighted by atomic mass is 9.56. The zero-order valence-corrected chi connectivity index (χ0v) is 35.0. The van der Waals surface area contributed by atoms with Crippen molar-refractivity contribution in [3.63, 3.8) is 0 Å². The van der Waals surface area contributed by atoms with E-state index in [1.165, 1.54) is 59.3 Å². The Kier molecular flexibility index (Phi) is 10.3. The van der Waals surface area contributed by atoms with Crippen LogP contribution < -0.4 is 20.7 Å². The summed E-state index contributed by atoms with van der Waals surface area (Å²) < 4.78 is 21.7. The van der Waals surface area contributed by atoms with Crippen LogP contribution in [-0.2, 0) is 13.6 Å². The van der Waals surface area contributed by atoms with Gasteiger partial charge in [0.15, 0.2) is 0 Å². The molecule has 53 heavy (non-hydrogen) atoms. The van der Waals surface area contributed by atoms with E-state index in [9.17, 15) is 0 Å². The molecule has 0 amide bonds. The minimum absolute atomic E-state index is 0.0468. The highest BCUT2D eigenvalue weighted by Crippen LogP contribution is 2.56. The van der Waals surface area contributed by atoms with E-state index in [-0.39, 0.29) is 10.1 Å². The highest BCUT2D eigenvalue weighted by atomic mass is 28.4. The van der Waals surface area contributed by atoms with Crippen molar-refractivity contribution in [3.8, 4) is 0 Å². The van der Waals surface area contributed by atoms with Crippen molar-refractivity contribution in [2.75, 3.05) is 13.2 Å². The normalized spacial score (nSPS) is 28.7. The van der Waals surface area contributed by atoms with E-state index in [4.69, 9.17) is 13.6 Å². The molecule has 280 valence electrons. The van der Waals surface area contributed by atoms with Crippen molar-refractivity contribution in [2.45, 2.75) is 102 Å². The molecule has 0 unspecified atom stereocenters. The summed E-state index contributed by atoms with van der Waals surface area (Å²) in [7, 11) is -5.36. The lowest BCUT2D eigenvalue weighted by Crippen LogP contribution is -2.67. The van der Waals surface area contributed by atoms with Gasteiger partial charge in [0.2, 0.25) is 0 Å². The molecule has 0 radical (unpaired) electrons. The van der Waals surface area contributed by atoms with Crippen molar-refractivity contribution in [3.05, 3.63) is 121 Å². The van der Waals surface area contributed by atoms with Gasteiger partial charge in [0.25, 0.3) is 16.6 Å². The van der Waals surface area contributed by atoms with Crippen molar-refractivity contribution in [1.82, 2.24) is 0 Å². The first kappa shape index (κ1) is 37.1. The summed E-state index contributed by atoms with van der Waals surface area (Å²) in [6, 6.07) is 44.9. The molecule has 3 aliphatic carbocycles. The molecule has 0 N–H and O–H groups in total. The minimum Gasteiger partial charge on any atom is -0.407 e. The molecule has 1 aliphatic heterocycles. The molecule has 5 heteroatoms. The fraction of sp³-hybridized carbons (Fsp3) is 0.500. The number of epoxide rings is 1. The van der Waals surface area contributed by atoms with Gasteiger partial charge in [-0.25, -0.2) is 0 Å². The molecule has 4 aromatic rings. The first-order valence-corrected chi connectivity index (χ1v) is 24.5. The molecule has 1 heterocycles. The Morgan fingerprint density at radius 2 is 0.717 bits per heavy atom. The van der Waals surface area contributed by atoms with Gasteiger partial charge >= 0.3 is 0 Å². The zero-order chi connectivity index (χ0) is 36.8. The van der Waals surface area contributed by atoms with Gasteiger partial charge in [-0.2, -0.15) is 0 Å². The van der Waals surface area contributed by atoms with Crippen LogP contribution >= 0.6 is 0 Å². The van der Waals surface area contributed by atoms with Crippen molar-refractivity contribution < 1.29 is 13.6 Å². The van der Waals surface area contributed by atoms with E-state index in [1.807, 2.05) is 0 Å². The third-order valence-electron chi connectivity index (χ3n) is 14.0. The number of hydrogen-bond acceptors (Lipinski definition) is 3. The summed E-state index contributed by atoms with van der Waals surface area (Å²) in [5, 5.41) is 5.38. The Morgan fingerprint density at radius 1 is 0.434 bits per heavy atom. The largest absolute Gasteiger partial charge is 0.407 e. The highest BCUT2D eigenvalue weighted by molar-refractivity contribution is 7.00. The van der Waals surface area contributed by atoms with Crippen molar-refractivity contribution in [1.29, 1.82) is 0 Å². The Balaban J connectivity index is 1.15. The molecule has 3 nitrogen and oxygen atoms in total. The smallest absolute Gasteiger partial charge is 0.261 e. The molecule has 8 rings (SSSR count). The Bertz CT molecular complexity index is 1570. The van der Waals surface area contributed by atoms with Gasteiger partial charge in [-0.3, -0.25) is 0 Å². The van der Waals surface area contributed by atoms with Crippen LogP contribution in [0.25, 0.3) is 0 Å². The van der Waals surface area contributed by atoms with Crippen LogP contribution in [-0.4, -0.2) is 42.1 Å². The molecular weight excluding hydrogens is 681 g/mol. The van der Waals surface area contributed by atoms with Crippen LogP contribution in [0.4, 0.5) is 0 Å². The van der Waals surface area contributed by atoms with Gasteiger partial charge < -0.3 is 13.6 Å². The zero-order valence-electron chi connectivity index (χ0n) is 33.0. The first-order chi connectivity index (χ1) is 25.5. The van der Waals surface area contributed by atoms with E-state index in [2.05, 4.69) is 163 Å².